The summed E-state index contributed by atoms with van der Waals surface area (Å²) in [6.45, 7) is 7.08. The predicted molar refractivity (Wildman–Crippen MR) is 94.7 cm³/mol. The summed E-state index contributed by atoms with van der Waals surface area (Å²) in [5.74, 6) is 0.0327. The van der Waals surface area contributed by atoms with E-state index in [0.717, 1.165) is 17.8 Å². The van der Waals surface area contributed by atoms with Crippen LogP contribution >= 0.6 is 0 Å². The van der Waals surface area contributed by atoms with Gasteiger partial charge in [0.2, 0.25) is 5.88 Å². The molecule has 0 atom stereocenters. The molecule has 1 aliphatic rings. The normalized spacial score (nSPS) is 15.4. The minimum atomic E-state index is -4.42. The van der Waals surface area contributed by atoms with Crippen molar-refractivity contribution in [1.29, 1.82) is 0 Å². The first-order chi connectivity index (χ1) is 12.5. The number of hydrogen-bond donors (Lipinski definition) is 0. The maximum atomic E-state index is 12.5. The first kappa shape index (κ1) is 19.2. The maximum Gasteiger partial charge on any atom is 0.417 e. The highest BCUT2D eigenvalue weighted by atomic mass is 19.4. The van der Waals surface area contributed by atoms with E-state index in [1.165, 1.54) is 6.07 Å². The van der Waals surface area contributed by atoms with Crippen LogP contribution in [0.2, 0.25) is 0 Å². The molecule has 1 amide bonds. The Kier molecular flexibility index (Phi) is 4.88. The van der Waals surface area contributed by atoms with Gasteiger partial charge >= 0.3 is 6.18 Å². The number of carbonyl (C=O) groups excluding carboxylic acids is 1. The zero-order valence-electron chi connectivity index (χ0n) is 15.4. The van der Waals surface area contributed by atoms with Crippen LogP contribution in [0, 0.1) is 0 Å². The summed E-state index contributed by atoms with van der Waals surface area (Å²) in [6.07, 6.45) is -3.95. The molecule has 3 rings (SSSR count). The molecule has 0 aliphatic carbocycles. The summed E-state index contributed by atoms with van der Waals surface area (Å²) in [5, 5.41) is 0. The van der Waals surface area contributed by atoms with Crippen LogP contribution in [0.3, 0.4) is 0 Å². The minimum Gasteiger partial charge on any atom is -0.471 e. The molecule has 1 aromatic heterocycles. The Bertz CT molecular complexity index is 803. The topological polar surface area (TPSA) is 42.4 Å². The van der Waals surface area contributed by atoms with Crippen LogP contribution in [0.4, 0.5) is 13.2 Å². The van der Waals surface area contributed by atoms with Gasteiger partial charge < -0.3 is 9.64 Å². The quantitative estimate of drug-likeness (QED) is 0.800. The standard InChI is InChI=1S/C20H21F3N2O2/c1-19(2,3)14-6-4-13(5-7-14)18(26)25-11-16(12-25)27-17-9-8-15(10-24-17)20(21,22)23/h4-10,16H,11-12H2,1-3H3. The van der Waals surface area contributed by atoms with Gasteiger partial charge in [-0.2, -0.15) is 13.2 Å². The van der Waals surface area contributed by atoms with Gasteiger partial charge in [-0.15, -0.1) is 0 Å². The second kappa shape index (κ2) is 6.87. The zero-order chi connectivity index (χ0) is 19.8. The smallest absolute Gasteiger partial charge is 0.417 e. The predicted octanol–water partition coefficient (Wildman–Crippen LogP) is 4.30. The first-order valence-electron chi connectivity index (χ1n) is 8.64. The summed E-state index contributed by atoms with van der Waals surface area (Å²) >= 11 is 0. The van der Waals surface area contributed by atoms with Crippen molar-refractivity contribution in [3.05, 3.63) is 59.3 Å². The maximum absolute atomic E-state index is 12.5. The number of hydrogen-bond acceptors (Lipinski definition) is 3. The fourth-order valence-corrected chi connectivity index (χ4v) is 2.76. The average Bonchev–Trinajstić information content (AvgIpc) is 2.56. The molecule has 2 heterocycles. The van der Waals surface area contributed by atoms with E-state index in [-0.39, 0.29) is 23.3 Å². The van der Waals surface area contributed by atoms with Crippen LogP contribution in [-0.2, 0) is 11.6 Å². The largest absolute Gasteiger partial charge is 0.471 e. The Hall–Kier alpha value is -2.57. The van der Waals surface area contributed by atoms with Crippen molar-refractivity contribution in [3.8, 4) is 5.88 Å². The Morgan fingerprint density at radius 2 is 1.63 bits per heavy atom. The van der Waals surface area contributed by atoms with Crippen LogP contribution in [0.25, 0.3) is 0 Å². The van der Waals surface area contributed by atoms with Crippen LogP contribution in [-0.4, -0.2) is 35.0 Å². The number of amides is 1. The van der Waals surface area contributed by atoms with E-state index < -0.39 is 11.7 Å². The lowest BCUT2D eigenvalue weighted by Crippen LogP contribution is -2.56. The summed E-state index contributed by atoms with van der Waals surface area (Å²) < 4.78 is 43.1. The molecule has 0 N–H and O–H groups in total. The number of nitrogens with zero attached hydrogens (tertiary/aromatic N) is 2. The molecule has 1 fully saturated rings. The SMILES string of the molecule is CC(C)(C)c1ccc(C(=O)N2CC(Oc3ccc(C(F)(F)F)cn3)C2)cc1. The molecular formula is C20H21F3N2O2. The molecule has 1 aromatic carbocycles. The van der Waals surface area contributed by atoms with E-state index in [2.05, 4.69) is 25.8 Å². The van der Waals surface area contributed by atoms with Gasteiger partial charge in [0.1, 0.15) is 6.10 Å². The second-order valence-electron chi connectivity index (χ2n) is 7.66. The zero-order valence-corrected chi connectivity index (χ0v) is 15.4. The molecule has 0 saturated carbocycles. The molecular weight excluding hydrogens is 357 g/mol. The van der Waals surface area contributed by atoms with Gasteiger partial charge in [-0.25, -0.2) is 4.98 Å². The molecule has 2 aromatic rings. The lowest BCUT2D eigenvalue weighted by Gasteiger charge is -2.38. The van der Waals surface area contributed by atoms with Crippen molar-refractivity contribution >= 4 is 5.91 Å². The van der Waals surface area contributed by atoms with Crippen LogP contribution in [0.1, 0.15) is 42.3 Å². The Labute approximate surface area is 156 Å². The van der Waals surface area contributed by atoms with E-state index in [1.54, 1.807) is 4.90 Å². The van der Waals surface area contributed by atoms with Gasteiger partial charge in [0.15, 0.2) is 0 Å². The molecule has 27 heavy (non-hydrogen) atoms. The van der Waals surface area contributed by atoms with E-state index in [9.17, 15) is 18.0 Å². The number of benzene rings is 1. The molecule has 0 unspecified atom stereocenters. The number of carbonyl (C=O) groups is 1. The van der Waals surface area contributed by atoms with E-state index in [4.69, 9.17) is 4.74 Å². The van der Waals surface area contributed by atoms with Crippen LogP contribution in [0.5, 0.6) is 5.88 Å². The van der Waals surface area contributed by atoms with Crippen molar-refractivity contribution in [2.45, 2.75) is 38.5 Å². The van der Waals surface area contributed by atoms with Crippen molar-refractivity contribution < 1.29 is 22.7 Å². The molecule has 0 spiro atoms. The third-order valence-electron chi connectivity index (χ3n) is 4.48. The number of rotatable bonds is 3. The third-order valence-corrected chi connectivity index (χ3v) is 4.48. The molecule has 4 nitrogen and oxygen atoms in total. The highest BCUT2D eigenvalue weighted by molar-refractivity contribution is 5.94. The second-order valence-corrected chi connectivity index (χ2v) is 7.66. The number of pyridine rings is 1. The average molecular weight is 378 g/mol. The summed E-state index contributed by atoms with van der Waals surface area (Å²) in [6, 6.07) is 9.66. The van der Waals surface area contributed by atoms with Gasteiger partial charge in [0.25, 0.3) is 5.91 Å². The molecule has 0 radical (unpaired) electrons. The Morgan fingerprint density at radius 1 is 1.04 bits per heavy atom. The van der Waals surface area contributed by atoms with Crippen LogP contribution in [0.15, 0.2) is 42.6 Å². The number of alkyl halides is 3. The highest BCUT2D eigenvalue weighted by Crippen LogP contribution is 2.29. The van der Waals surface area contributed by atoms with Gasteiger partial charge in [-0.3, -0.25) is 4.79 Å². The van der Waals surface area contributed by atoms with Gasteiger partial charge in [0, 0.05) is 17.8 Å². The fourth-order valence-electron chi connectivity index (χ4n) is 2.76. The third kappa shape index (κ3) is 4.40. The monoisotopic (exact) mass is 378 g/mol. The van der Waals surface area contributed by atoms with Gasteiger partial charge in [-0.1, -0.05) is 32.9 Å². The number of ether oxygens (including phenoxy) is 1. The lowest BCUT2D eigenvalue weighted by molar-refractivity contribution is -0.137. The number of halogens is 3. The van der Waals surface area contributed by atoms with Crippen molar-refractivity contribution in [2.75, 3.05) is 13.1 Å². The highest BCUT2D eigenvalue weighted by Gasteiger charge is 2.34. The molecule has 0 bridgehead atoms. The van der Waals surface area contributed by atoms with Gasteiger partial charge in [0.05, 0.1) is 18.7 Å². The van der Waals surface area contributed by atoms with E-state index in [0.29, 0.717) is 18.7 Å². The molecule has 1 aliphatic heterocycles. The fraction of sp³-hybridized carbons (Fsp3) is 0.400. The summed E-state index contributed by atoms with van der Waals surface area (Å²) in [4.78, 5) is 17.8. The molecule has 7 heteroatoms. The lowest BCUT2D eigenvalue weighted by atomic mass is 9.86. The Morgan fingerprint density at radius 3 is 2.11 bits per heavy atom. The summed E-state index contributed by atoms with van der Waals surface area (Å²) in [5.41, 5.74) is 0.955. The molecule has 144 valence electrons. The molecule has 1 saturated heterocycles. The number of likely N-dealkylation sites (tertiary alicyclic amines) is 1. The van der Waals surface area contributed by atoms with E-state index >= 15 is 0 Å². The Balaban J connectivity index is 1.54. The minimum absolute atomic E-state index is 0.0198. The first-order valence-corrected chi connectivity index (χ1v) is 8.64. The van der Waals surface area contributed by atoms with Crippen molar-refractivity contribution in [2.24, 2.45) is 0 Å². The van der Waals surface area contributed by atoms with Crippen LogP contribution < -0.4 is 4.74 Å². The van der Waals surface area contributed by atoms with Gasteiger partial charge in [-0.05, 0) is 29.2 Å². The summed E-state index contributed by atoms with van der Waals surface area (Å²) in [7, 11) is 0. The van der Waals surface area contributed by atoms with Crippen molar-refractivity contribution in [3.63, 3.8) is 0 Å². The number of aromatic nitrogens is 1. The van der Waals surface area contributed by atoms with Crippen molar-refractivity contribution in [1.82, 2.24) is 9.88 Å². The van der Waals surface area contributed by atoms with E-state index in [1.807, 2.05) is 24.3 Å².